The summed E-state index contributed by atoms with van der Waals surface area (Å²) in [6, 6.07) is 10.7. The van der Waals surface area contributed by atoms with Crippen molar-refractivity contribution in [3.63, 3.8) is 0 Å². The SMILES string of the molecule is CCCNCC(C)(CN(C)CC(C)O)c1ccccc1. The van der Waals surface area contributed by atoms with Gasteiger partial charge in [-0.2, -0.15) is 0 Å². The van der Waals surface area contributed by atoms with Crippen molar-refractivity contribution in [3.8, 4) is 0 Å². The third kappa shape index (κ3) is 5.61. The van der Waals surface area contributed by atoms with Gasteiger partial charge in [0.25, 0.3) is 0 Å². The number of rotatable bonds is 9. The highest BCUT2D eigenvalue weighted by Gasteiger charge is 2.28. The van der Waals surface area contributed by atoms with Gasteiger partial charge in [0.15, 0.2) is 0 Å². The predicted octanol–water partition coefficient (Wildman–Crippen LogP) is 2.26. The van der Waals surface area contributed by atoms with Crippen molar-refractivity contribution in [2.45, 2.75) is 38.7 Å². The predicted molar refractivity (Wildman–Crippen MR) is 86.1 cm³/mol. The molecular formula is C17H30N2O. The van der Waals surface area contributed by atoms with E-state index in [9.17, 15) is 5.11 Å². The summed E-state index contributed by atoms with van der Waals surface area (Å²) in [4.78, 5) is 2.21. The molecule has 0 fully saturated rings. The molecule has 0 radical (unpaired) electrons. The van der Waals surface area contributed by atoms with Gasteiger partial charge in [0.05, 0.1) is 6.10 Å². The number of nitrogens with one attached hydrogen (secondary N) is 1. The maximum Gasteiger partial charge on any atom is 0.0638 e. The lowest BCUT2D eigenvalue weighted by Crippen LogP contribution is -2.46. The molecule has 2 N–H and O–H groups in total. The molecule has 2 unspecified atom stereocenters. The molecule has 0 amide bonds. The van der Waals surface area contributed by atoms with Crippen LogP contribution in [0.3, 0.4) is 0 Å². The molecule has 3 heteroatoms. The van der Waals surface area contributed by atoms with Crippen LogP contribution < -0.4 is 5.32 Å². The van der Waals surface area contributed by atoms with Crippen molar-refractivity contribution in [2.24, 2.45) is 0 Å². The van der Waals surface area contributed by atoms with Gasteiger partial charge in [-0.3, -0.25) is 0 Å². The lowest BCUT2D eigenvalue weighted by Gasteiger charge is -2.35. The van der Waals surface area contributed by atoms with Gasteiger partial charge in [-0.1, -0.05) is 44.2 Å². The first-order valence-electron chi connectivity index (χ1n) is 7.61. The lowest BCUT2D eigenvalue weighted by atomic mass is 9.81. The van der Waals surface area contributed by atoms with Crippen molar-refractivity contribution in [1.29, 1.82) is 0 Å². The van der Waals surface area contributed by atoms with E-state index in [1.54, 1.807) is 0 Å². The summed E-state index contributed by atoms with van der Waals surface area (Å²) in [5.74, 6) is 0. The van der Waals surface area contributed by atoms with Gasteiger partial charge in [-0.25, -0.2) is 0 Å². The van der Waals surface area contributed by atoms with Crippen molar-refractivity contribution in [2.75, 3.05) is 33.2 Å². The highest BCUT2D eigenvalue weighted by Crippen LogP contribution is 2.24. The second kappa shape index (κ2) is 8.40. The van der Waals surface area contributed by atoms with Crippen LogP contribution in [0.5, 0.6) is 0 Å². The largest absolute Gasteiger partial charge is 0.392 e. The van der Waals surface area contributed by atoms with Gasteiger partial charge in [0.1, 0.15) is 0 Å². The molecule has 0 aliphatic carbocycles. The summed E-state index contributed by atoms with van der Waals surface area (Å²) < 4.78 is 0. The van der Waals surface area contributed by atoms with E-state index < -0.39 is 0 Å². The first-order valence-corrected chi connectivity index (χ1v) is 7.61. The Labute approximate surface area is 124 Å². The highest BCUT2D eigenvalue weighted by molar-refractivity contribution is 5.25. The summed E-state index contributed by atoms with van der Waals surface area (Å²) in [6.07, 6.45) is 0.859. The first-order chi connectivity index (χ1) is 9.48. The van der Waals surface area contributed by atoms with Gasteiger partial charge in [0, 0.05) is 25.0 Å². The molecule has 0 bridgehead atoms. The van der Waals surface area contributed by atoms with Crippen LogP contribution in [-0.4, -0.2) is 49.3 Å². The molecule has 2 atom stereocenters. The van der Waals surface area contributed by atoms with E-state index in [1.165, 1.54) is 5.56 Å². The second-order valence-electron chi connectivity index (χ2n) is 6.15. The molecular weight excluding hydrogens is 248 g/mol. The van der Waals surface area contributed by atoms with Gasteiger partial charge >= 0.3 is 0 Å². The topological polar surface area (TPSA) is 35.5 Å². The molecule has 114 valence electrons. The van der Waals surface area contributed by atoms with Crippen LogP contribution in [0, 0.1) is 0 Å². The minimum atomic E-state index is -0.288. The average Bonchev–Trinajstić information content (AvgIpc) is 2.39. The van der Waals surface area contributed by atoms with Crippen LogP contribution in [0.25, 0.3) is 0 Å². The number of hydrogen-bond acceptors (Lipinski definition) is 3. The van der Waals surface area contributed by atoms with Crippen LogP contribution >= 0.6 is 0 Å². The van der Waals surface area contributed by atoms with Gasteiger partial charge in [-0.15, -0.1) is 0 Å². The number of aliphatic hydroxyl groups excluding tert-OH is 1. The third-order valence-corrected chi connectivity index (χ3v) is 3.61. The molecule has 0 spiro atoms. The standard InChI is InChI=1S/C17H30N2O/c1-5-11-18-13-17(3,14-19(4)12-15(2)20)16-9-7-6-8-10-16/h6-10,15,18,20H,5,11-14H2,1-4H3. The Morgan fingerprint density at radius 1 is 1.30 bits per heavy atom. The molecule has 0 saturated carbocycles. The van der Waals surface area contributed by atoms with Crippen molar-refractivity contribution in [1.82, 2.24) is 10.2 Å². The summed E-state index contributed by atoms with van der Waals surface area (Å²) in [5, 5.41) is 13.1. The molecule has 1 rings (SSSR count). The molecule has 0 aliphatic rings. The van der Waals surface area contributed by atoms with E-state index >= 15 is 0 Å². The Kier molecular flexibility index (Phi) is 7.20. The van der Waals surface area contributed by atoms with E-state index in [2.05, 4.69) is 61.4 Å². The maximum absolute atomic E-state index is 9.55. The van der Waals surface area contributed by atoms with E-state index in [4.69, 9.17) is 0 Å². The van der Waals surface area contributed by atoms with Crippen LogP contribution in [-0.2, 0) is 5.41 Å². The molecule has 0 aromatic heterocycles. The molecule has 3 nitrogen and oxygen atoms in total. The van der Waals surface area contributed by atoms with E-state index in [-0.39, 0.29) is 11.5 Å². The summed E-state index contributed by atoms with van der Waals surface area (Å²) in [5.41, 5.74) is 1.40. The normalized spacial score (nSPS) is 16.1. The Hall–Kier alpha value is -0.900. The maximum atomic E-state index is 9.55. The van der Waals surface area contributed by atoms with Crippen LogP contribution in [0.4, 0.5) is 0 Å². The fourth-order valence-electron chi connectivity index (χ4n) is 2.74. The summed E-state index contributed by atoms with van der Waals surface area (Å²) in [6.45, 7) is 9.95. The van der Waals surface area contributed by atoms with Gasteiger partial charge < -0.3 is 15.3 Å². The quantitative estimate of drug-likeness (QED) is 0.680. The number of nitrogens with zero attached hydrogens (tertiary/aromatic N) is 1. The number of benzene rings is 1. The minimum Gasteiger partial charge on any atom is -0.392 e. The summed E-state index contributed by atoms with van der Waals surface area (Å²) >= 11 is 0. The van der Waals surface area contributed by atoms with Crippen LogP contribution in [0.15, 0.2) is 30.3 Å². The average molecular weight is 278 g/mol. The fourth-order valence-corrected chi connectivity index (χ4v) is 2.74. The van der Waals surface area contributed by atoms with E-state index in [0.717, 1.165) is 26.1 Å². The van der Waals surface area contributed by atoms with Gasteiger partial charge in [0.2, 0.25) is 0 Å². The Balaban J connectivity index is 2.78. The smallest absolute Gasteiger partial charge is 0.0638 e. The molecule has 0 heterocycles. The van der Waals surface area contributed by atoms with Crippen molar-refractivity contribution in [3.05, 3.63) is 35.9 Å². The van der Waals surface area contributed by atoms with Crippen LogP contribution in [0.2, 0.25) is 0 Å². The summed E-state index contributed by atoms with van der Waals surface area (Å²) in [7, 11) is 2.08. The van der Waals surface area contributed by atoms with E-state index in [0.29, 0.717) is 6.54 Å². The Bertz CT molecular complexity index is 367. The van der Waals surface area contributed by atoms with Crippen molar-refractivity contribution >= 4 is 0 Å². The zero-order chi connectivity index (χ0) is 15.0. The molecule has 0 aliphatic heterocycles. The first kappa shape index (κ1) is 17.2. The molecule has 1 aromatic carbocycles. The Morgan fingerprint density at radius 3 is 2.50 bits per heavy atom. The number of aliphatic hydroxyl groups is 1. The molecule has 1 aromatic rings. The molecule has 20 heavy (non-hydrogen) atoms. The minimum absolute atomic E-state index is 0.0556. The fraction of sp³-hybridized carbons (Fsp3) is 0.647. The Morgan fingerprint density at radius 2 is 1.95 bits per heavy atom. The molecule has 0 saturated heterocycles. The number of hydrogen-bond donors (Lipinski definition) is 2. The second-order valence-corrected chi connectivity index (χ2v) is 6.15. The lowest BCUT2D eigenvalue weighted by molar-refractivity contribution is 0.127. The van der Waals surface area contributed by atoms with E-state index in [1.807, 2.05) is 6.92 Å². The van der Waals surface area contributed by atoms with Gasteiger partial charge in [-0.05, 0) is 32.5 Å². The zero-order valence-corrected chi connectivity index (χ0v) is 13.4. The monoisotopic (exact) mass is 278 g/mol. The highest BCUT2D eigenvalue weighted by atomic mass is 16.3. The zero-order valence-electron chi connectivity index (χ0n) is 13.4. The third-order valence-electron chi connectivity index (χ3n) is 3.61. The van der Waals surface area contributed by atoms with Crippen molar-refractivity contribution < 1.29 is 5.11 Å². The van der Waals surface area contributed by atoms with Crippen LogP contribution in [0.1, 0.15) is 32.8 Å². The number of likely N-dealkylation sites (N-methyl/N-ethyl adjacent to an activating group) is 1.